The lowest BCUT2D eigenvalue weighted by Gasteiger charge is -2.16. The highest BCUT2D eigenvalue weighted by molar-refractivity contribution is 6.53. The Bertz CT molecular complexity index is 1340. The van der Waals surface area contributed by atoms with Gasteiger partial charge in [-0.05, 0) is 85.0 Å². The normalized spacial score (nSPS) is 13.6. The third-order valence-electron chi connectivity index (χ3n) is 6.03. The fraction of sp³-hybridized carbons (Fsp3) is 0.179. The van der Waals surface area contributed by atoms with Crippen LogP contribution in [-0.2, 0) is 9.59 Å². The molecular weight excluding hydrogens is 462 g/mol. The Morgan fingerprint density at radius 1 is 0.829 bits per heavy atom. The van der Waals surface area contributed by atoms with Crippen molar-refractivity contribution in [1.29, 1.82) is 0 Å². The molecule has 4 rings (SSSR count). The van der Waals surface area contributed by atoms with Crippen molar-refractivity contribution in [2.24, 2.45) is 0 Å². The number of anilines is 3. The number of carbonyl (C=O) groups excluding carboxylic acids is 3. The summed E-state index contributed by atoms with van der Waals surface area (Å²) in [5, 5.41) is 5.63. The molecule has 3 aromatic carbocycles. The number of nitrogens with zero attached hydrogens (tertiary/aromatic N) is 1. The lowest BCUT2D eigenvalue weighted by molar-refractivity contribution is -0.120. The second kappa shape index (κ2) is 9.76. The standard InChI is InChI=1S/C28H26ClN3O3/c1-16(2)19-8-13-23(14-9-19)32-27(34)24(29)25(28(32)35)30-21-11-6-20(7-12-21)26(33)31-22-10-5-17(3)18(4)15-22/h5-16,30H,1-4H3,(H,31,33). The van der Waals surface area contributed by atoms with Gasteiger partial charge in [0.05, 0.1) is 5.69 Å². The summed E-state index contributed by atoms with van der Waals surface area (Å²) in [4.78, 5) is 39.4. The summed E-state index contributed by atoms with van der Waals surface area (Å²) in [6.07, 6.45) is 0. The number of imide groups is 1. The maximum absolute atomic E-state index is 13.0. The smallest absolute Gasteiger partial charge is 0.283 e. The van der Waals surface area contributed by atoms with Crippen LogP contribution in [0.5, 0.6) is 0 Å². The number of hydrogen-bond donors (Lipinski definition) is 2. The first-order valence-electron chi connectivity index (χ1n) is 11.3. The second-order valence-electron chi connectivity index (χ2n) is 8.84. The molecule has 0 aliphatic carbocycles. The van der Waals surface area contributed by atoms with Crippen LogP contribution in [0.15, 0.2) is 77.5 Å². The minimum atomic E-state index is -0.583. The van der Waals surface area contributed by atoms with Gasteiger partial charge in [-0.3, -0.25) is 14.4 Å². The van der Waals surface area contributed by atoms with Gasteiger partial charge in [0.1, 0.15) is 10.7 Å². The van der Waals surface area contributed by atoms with Crippen molar-refractivity contribution < 1.29 is 14.4 Å². The van der Waals surface area contributed by atoms with Gasteiger partial charge in [-0.2, -0.15) is 0 Å². The van der Waals surface area contributed by atoms with Crippen LogP contribution in [0.3, 0.4) is 0 Å². The number of carbonyl (C=O) groups is 3. The average Bonchev–Trinajstić information content (AvgIpc) is 3.05. The van der Waals surface area contributed by atoms with Crippen LogP contribution in [-0.4, -0.2) is 17.7 Å². The molecule has 1 aliphatic heterocycles. The number of aryl methyl sites for hydroxylation is 2. The van der Waals surface area contributed by atoms with E-state index in [4.69, 9.17) is 11.6 Å². The van der Waals surface area contributed by atoms with Crippen LogP contribution in [0.25, 0.3) is 0 Å². The Morgan fingerprint density at radius 2 is 1.46 bits per heavy atom. The van der Waals surface area contributed by atoms with E-state index in [1.807, 2.05) is 44.2 Å². The van der Waals surface area contributed by atoms with Gasteiger partial charge in [-0.1, -0.05) is 43.6 Å². The average molecular weight is 488 g/mol. The van der Waals surface area contributed by atoms with Crippen LogP contribution >= 0.6 is 11.6 Å². The van der Waals surface area contributed by atoms with Gasteiger partial charge >= 0.3 is 0 Å². The summed E-state index contributed by atoms with van der Waals surface area (Å²) < 4.78 is 0. The van der Waals surface area contributed by atoms with Crippen LogP contribution in [0, 0.1) is 13.8 Å². The lowest BCUT2D eigenvalue weighted by Crippen LogP contribution is -2.32. The predicted molar refractivity (Wildman–Crippen MR) is 140 cm³/mol. The van der Waals surface area contributed by atoms with Crippen molar-refractivity contribution in [3.63, 3.8) is 0 Å². The molecule has 0 saturated carbocycles. The molecule has 0 spiro atoms. The van der Waals surface area contributed by atoms with Crippen LogP contribution in [0.2, 0.25) is 0 Å². The molecule has 35 heavy (non-hydrogen) atoms. The van der Waals surface area contributed by atoms with Crippen LogP contribution in [0.1, 0.15) is 46.8 Å². The van der Waals surface area contributed by atoms with E-state index >= 15 is 0 Å². The topological polar surface area (TPSA) is 78.5 Å². The fourth-order valence-electron chi connectivity index (χ4n) is 3.73. The summed E-state index contributed by atoms with van der Waals surface area (Å²) in [7, 11) is 0. The molecule has 7 heteroatoms. The van der Waals surface area contributed by atoms with Crippen molar-refractivity contribution >= 4 is 46.4 Å². The monoisotopic (exact) mass is 487 g/mol. The Labute approximate surface area is 209 Å². The highest BCUT2D eigenvalue weighted by atomic mass is 35.5. The quantitative estimate of drug-likeness (QED) is 0.411. The van der Waals surface area contributed by atoms with E-state index in [0.29, 0.717) is 28.5 Å². The van der Waals surface area contributed by atoms with Gasteiger partial charge in [0, 0.05) is 16.9 Å². The lowest BCUT2D eigenvalue weighted by atomic mass is 10.0. The largest absolute Gasteiger partial charge is 0.350 e. The molecule has 0 aromatic heterocycles. The van der Waals surface area contributed by atoms with Crippen molar-refractivity contribution in [2.75, 3.05) is 15.5 Å². The SMILES string of the molecule is Cc1ccc(NC(=O)c2ccc(NC3=C(Cl)C(=O)N(c4ccc(C(C)C)cc4)C3=O)cc2)cc1C. The number of halogens is 1. The van der Waals surface area contributed by atoms with E-state index < -0.39 is 11.8 Å². The van der Waals surface area contributed by atoms with Gasteiger partial charge in [-0.25, -0.2) is 4.90 Å². The van der Waals surface area contributed by atoms with Crippen molar-refractivity contribution in [2.45, 2.75) is 33.6 Å². The zero-order valence-corrected chi connectivity index (χ0v) is 20.7. The highest BCUT2D eigenvalue weighted by Crippen LogP contribution is 2.31. The van der Waals surface area contributed by atoms with E-state index in [1.165, 1.54) is 0 Å². The van der Waals surface area contributed by atoms with Gasteiger partial charge in [-0.15, -0.1) is 0 Å². The Balaban J connectivity index is 1.46. The summed E-state index contributed by atoms with van der Waals surface area (Å²) in [6, 6.07) is 19.6. The first-order chi connectivity index (χ1) is 16.7. The first kappa shape index (κ1) is 24.2. The zero-order valence-electron chi connectivity index (χ0n) is 20.0. The third-order valence-corrected chi connectivity index (χ3v) is 6.38. The Kier molecular flexibility index (Phi) is 6.76. The minimum Gasteiger partial charge on any atom is -0.350 e. The van der Waals surface area contributed by atoms with Gasteiger partial charge in [0.2, 0.25) is 0 Å². The molecule has 178 valence electrons. The Hall–Kier alpha value is -3.90. The molecule has 0 radical (unpaired) electrons. The summed E-state index contributed by atoms with van der Waals surface area (Å²) >= 11 is 6.24. The van der Waals surface area contributed by atoms with E-state index in [2.05, 4.69) is 24.5 Å². The molecule has 0 saturated heterocycles. The maximum Gasteiger partial charge on any atom is 0.283 e. The number of hydrogen-bond acceptors (Lipinski definition) is 4. The van der Waals surface area contributed by atoms with Crippen LogP contribution in [0.4, 0.5) is 17.1 Å². The second-order valence-corrected chi connectivity index (χ2v) is 9.21. The van der Waals surface area contributed by atoms with E-state index in [9.17, 15) is 14.4 Å². The first-order valence-corrected chi connectivity index (χ1v) is 11.7. The summed E-state index contributed by atoms with van der Waals surface area (Å²) in [6.45, 7) is 8.14. The van der Waals surface area contributed by atoms with Gasteiger partial charge in [0.15, 0.2) is 0 Å². The Morgan fingerprint density at radius 3 is 2.06 bits per heavy atom. The third kappa shape index (κ3) is 4.98. The number of benzene rings is 3. The molecule has 0 unspecified atom stereocenters. The van der Waals surface area contributed by atoms with Crippen molar-refractivity contribution in [3.8, 4) is 0 Å². The molecule has 2 N–H and O–H groups in total. The molecule has 0 atom stereocenters. The van der Waals surface area contributed by atoms with E-state index in [0.717, 1.165) is 21.6 Å². The zero-order chi connectivity index (χ0) is 25.3. The maximum atomic E-state index is 13.0. The predicted octanol–water partition coefficient (Wildman–Crippen LogP) is 6.11. The molecule has 3 aromatic rings. The van der Waals surface area contributed by atoms with Crippen molar-refractivity contribution in [3.05, 3.63) is 99.7 Å². The summed E-state index contributed by atoms with van der Waals surface area (Å²) in [5.41, 5.74) is 5.50. The molecular formula is C28H26ClN3O3. The number of nitrogens with one attached hydrogen (secondary N) is 2. The molecule has 1 aliphatic rings. The van der Waals surface area contributed by atoms with Gasteiger partial charge < -0.3 is 10.6 Å². The minimum absolute atomic E-state index is 0.00284. The number of rotatable bonds is 6. The van der Waals surface area contributed by atoms with Gasteiger partial charge in [0.25, 0.3) is 17.7 Å². The molecule has 3 amide bonds. The molecule has 1 heterocycles. The fourth-order valence-corrected chi connectivity index (χ4v) is 3.94. The highest BCUT2D eigenvalue weighted by Gasteiger charge is 2.39. The van der Waals surface area contributed by atoms with Crippen LogP contribution < -0.4 is 15.5 Å². The molecule has 0 bridgehead atoms. The summed E-state index contributed by atoms with van der Waals surface area (Å²) in [5.74, 6) is -1.03. The van der Waals surface area contributed by atoms with Crippen molar-refractivity contribution in [1.82, 2.24) is 0 Å². The van der Waals surface area contributed by atoms with E-state index in [-0.39, 0.29) is 16.6 Å². The molecule has 6 nitrogen and oxygen atoms in total. The molecule has 0 fully saturated rings. The number of amides is 3. The van der Waals surface area contributed by atoms with E-state index in [1.54, 1.807) is 36.4 Å².